The maximum atomic E-state index is 11.8. The highest BCUT2D eigenvalue weighted by atomic mass is 16.4. The molecule has 6 atom stereocenters. The summed E-state index contributed by atoms with van der Waals surface area (Å²) in [6, 6.07) is 0.882. The van der Waals surface area contributed by atoms with Gasteiger partial charge in [0.15, 0.2) is 0 Å². The van der Waals surface area contributed by atoms with Gasteiger partial charge in [0.2, 0.25) is 0 Å². The van der Waals surface area contributed by atoms with Crippen LogP contribution in [0.5, 0.6) is 0 Å². The van der Waals surface area contributed by atoms with Crippen LogP contribution in [0.1, 0.15) is 80.1 Å². The molecule has 2 aliphatic rings. The van der Waals surface area contributed by atoms with Gasteiger partial charge < -0.3 is 5.11 Å². The molecular weight excluding hydrogens is 310 g/mol. The fraction of sp³-hybridized carbons (Fsp3) is 0.955. The summed E-state index contributed by atoms with van der Waals surface area (Å²) < 4.78 is 0. The normalized spacial score (nSPS) is 37.0. The summed E-state index contributed by atoms with van der Waals surface area (Å²) in [6.07, 6.45) is 7.46. The zero-order valence-electron chi connectivity index (χ0n) is 17.4. The van der Waals surface area contributed by atoms with Crippen molar-refractivity contribution in [3.8, 4) is 0 Å². The van der Waals surface area contributed by atoms with E-state index in [0.717, 1.165) is 11.8 Å². The topological polar surface area (TPSA) is 40.5 Å². The van der Waals surface area contributed by atoms with E-state index in [2.05, 4.69) is 46.4 Å². The van der Waals surface area contributed by atoms with Crippen molar-refractivity contribution in [2.24, 2.45) is 35.5 Å². The first-order chi connectivity index (χ1) is 11.7. The number of hydrogen-bond acceptors (Lipinski definition) is 2. The molecule has 0 heterocycles. The van der Waals surface area contributed by atoms with Crippen LogP contribution < -0.4 is 0 Å². The molecule has 0 radical (unpaired) electrons. The van der Waals surface area contributed by atoms with E-state index in [1.54, 1.807) is 0 Å². The molecule has 0 aromatic carbocycles. The second-order valence-electron chi connectivity index (χ2n) is 9.85. The fourth-order valence-electron chi connectivity index (χ4n) is 5.70. The van der Waals surface area contributed by atoms with Crippen molar-refractivity contribution in [1.29, 1.82) is 0 Å². The molecule has 2 rings (SSSR count). The molecule has 0 spiro atoms. The molecule has 1 N–H and O–H groups in total. The summed E-state index contributed by atoms with van der Waals surface area (Å²) in [6.45, 7) is 14.2. The third-order valence-corrected chi connectivity index (χ3v) is 7.14. The van der Waals surface area contributed by atoms with E-state index in [9.17, 15) is 9.90 Å². The van der Waals surface area contributed by atoms with Gasteiger partial charge in [0, 0.05) is 12.1 Å². The van der Waals surface area contributed by atoms with Crippen molar-refractivity contribution in [2.45, 2.75) is 92.2 Å². The lowest BCUT2D eigenvalue weighted by Crippen LogP contribution is -2.56. The van der Waals surface area contributed by atoms with Crippen molar-refractivity contribution in [3.05, 3.63) is 0 Å². The van der Waals surface area contributed by atoms with Gasteiger partial charge in [-0.3, -0.25) is 9.69 Å². The Morgan fingerprint density at radius 2 is 1.28 bits per heavy atom. The number of carboxylic acid groups (broad SMARTS) is 1. The zero-order chi connectivity index (χ0) is 18.7. The summed E-state index contributed by atoms with van der Waals surface area (Å²) in [5.74, 6) is 3.33. The van der Waals surface area contributed by atoms with E-state index in [0.29, 0.717) is 35.8 Å². The smallest absolute Gasteiger partial charge is 0.317 e. The first-order valence-corrected chi connectivity index (χ1v) is 10.7. The molecule has 0 amide bonds. The van der Waals surface area contributed by atoms with Crippen LogP contribution >= 0.6 is 0 Å². The highest BCUT2D eigenvalue weighted by Gasteiger charge is 2.42. The maximum absolute atomic E-state index is 11.8. The van der Waals surface area contributed by atoms with Crippen LogP contribution in [0.25, 0.3) is 0 Å². The summed E-state index contributed by atoms with van der Waals surface area (Å²) in [5.41, 5.74) is 0. The Morgan fingerprint density at radius 1 is 0.880 bits per heavy atom. The number of carbonyl (C=O) groups is 1. The molecule has 25 heavy (non-hydrogen) atoms. The van der Waals surface area contributed by atoms with Crippen molar-refractivity contribution < 1.29 is 9.90 Å². The Labute approximate surface area is 155 Å². The summed E-state index contributed by atoms with van der Waals surface area (Å²) in [4.78, 5) is 14.2. The van der Waals surface area contributed by atoms with Crippen LogP contribution in [-0.4, -0.2) is 34.6 Å². The Balaban J connectivity index is 2.32. The minimum atomic E-state index is -0.651. The van der Waals surface area contributed by atoms with Crippen LogP contribution in [0, 0.1) is 35.5 Å². The minimum absolute atomic E-state index is 0.223. The Morgan fingerprint density at radius 3 is 1.60 bits per heavy atom. The van der Waals surface area contributed by atoms with E-state index in [-0.39, 0.29) is 6.54 Å². The lowest BCUT2D eigenvalue weighted by molar-refractivity contribution is -0.142. The first kappa shape index (κ1) is 20.7. The third kappa shape index (κ3) is 5.21. The predicted molar refractivity (Wildman–Crippen MR) is 105 cm³/mol. The predicted octanol–water partition coefficient (Wildman–Crippen LogP) is 5.29. The van der Waals surface area contributed by atoms with Gasteiger partial charge in [-0.15, -0.1) is 0 Å². The molecule has 0 aromatic heterocycles. The van der Waals surface area contributed by atoms with E-state index >= 15 is 0 Å². The van der Waals surface area contributed by atoms with Gasteiger partial charge >= 0.3 is 5.97 Å². The lowest BCUT2D eigenvalue weighted by atomic mass is 9.69. The average Bonchev–Trinajstić information content (AvgIpc) is 2.51. The third-order valence-electron chi connectivity index (χ3n) is 7.14. The molecule has 2 saturated carbocycles. The number of carboxylic acids is 1. The number of nitrogens with zero attached hydrogens (tertiary/aromatic N) is 1. The summed E-state index contributed by atoms with van der Waals surface area (Å²) in [5, 5.41) is 9.69. The molecule has 146 valence electrons. The number of rotatable bonds is 6. The molecule has 6 unspecified atom stereocenters. The summed E-state index contributed by atoms with van der Waals surface area (Å²) in [7, 11) is 0. The van der Waals surface area contributed by atoms with Crippen LogP contribution in [0.2, 0.25) is 0 Å². The fourth-order valence-corrected chi connectivity index (χ4v) is 5.70. The van der Waals surface area contributed by atoms with Crippen LogP contribution in [0.15, 0.2) is 0 Å². The standard InChI is InChI=1S/C22H41NO2/c1-14(2)18-9-7-16(5)11-20(18)23(13-22(24)25)21-12-17(6)8-10-19(21)15(3)4/h14-21H,7-13H2,1-6H3,(H,24,25). The van der Waals surface area contributed by atoms with Crippen molar-refractivity contribution in [3.63, 3.8) is 0 Å². The van der Waals surface area contributed by atoms with Crippen LogP contribution in [0.3, 0.4) is 0 Å². The van der Waals surface area contributed by atoms with Gasteiger partial charge in [-0.25, -0.2) is 0 Å². The largest absolute Gasteiger partial charge is 0.480 e. The highest BCUT2D eigenvalue weighted by Crippen LogP contribution is 2.42. The molecule has 0 bridgehead atoms. The van der Waals surface area contributed by atoms with Gasteiger partial charge in [-0.05, 0) is 61.2 Å². The Kier molecular flexibility index (Phi) is 7.37. The van der Waals surface area contributed by atoms with Crippen molar-refractivity contribution >= 4 is 5.97 Å². The molecule has 0 saturated heterocycles. The number of aliphatic carboxylic acids is 1. The van der Waals surface area contributed by atoms with E-state index in [1.165, 1.54) is 38.5 Å². The molecule has 0 aliphatic heterocycles. The molecule has 0 aromatic rings. The van der Waals surface area contributed by atoms with Crippen LogP contribution in [0.4, 0.5) is 0 Å². The van der Waals surface area contributed by atoms with Gasteiger partial charge in [0.05, 0.1) is 6.54 Å². The highest BCUT2D eigenvalue weighted by molar-refractivity contribution is 5.69. The van der Waals surface area contributed by atoms with Crippen LogP contribution in [-0.2, 0) is 4.79 Å². The van der Waals surface area contributed by atoms with Gasteiger partial charge in [-0.1, -0.05) is 54.4 Å². The van der Waals surface area contributed by atoms with Crippen molar-refractivity contribution in [2.75, 3.05) is 6.54 Å². The SMILES string of the molecule is CC1CCC(C(C)C)C(N(CC(=O)O)C2CC(C)CCC2C(C)C)C1. The first-order valence-electron chi connectivity index (χ1n) is 10.7. The second-order valence-corrected chi connectivity index (χ2v) is 9.85. The molecular formula is C22H41NO2. The molecule has 2 fully saturated rings. The zero-order valence-corrected chi connectivity index (χ0v) is 17.4. The molecule has 3 nitrogen and oxygen atoms in total. The number of hydrogen-bond donors (Lipinski definition) is 1. The quantitative estimate of drug-likeness (QED) is 0.706. The molecule has 3 heteroatoms. The van der Waals surface area contributed by atoms with Gasteiger partial charge in [-0.2, -0.15) is 0 Å². The van der Waals surface area contributed by atoms with Gasteiger partial charge in [0.1, 0.15) is 0 Å². The Bertz CT molecular complexity index is 402. The van der Waals surface area contributed by atoms with E-state index in [4.69, 9.17) is 0 Å². The second kappa shape index (κ2) is 8.88. The maximum Gasteiger partial charge on any atom is 0.317 e. The lowest BCUT2D eigenvalue weighted by Gasteiger charge is -2.51. The molecule has 2 aliphatic carbocycles. The Hall–Kier alpha value is -0.570. The van der Waals surface area contributed by atoms with Gasteiger partial charge in [0.25, 0.3) is 0 Å². The van der Waals surface area contributed by atoms with E-state index in [1.807, 2.05) is 0 Å². The van der Waals surface area contributed by atoms with E-state index < -0.39 is 5.97 Å². The average molecular weight is 352 g/mol. The minimum Gasteiger partial charge on any atom is -0.480 e. The van der Waals surface area contributed by atoms with Crippen molar-refractivity contribution in [1.82, 2.24) is 4.90 Å². The monoisotopic (exact) mass is 351 g/mol. The summed E-state index contributed by atoms with van der Waals surface area (Å²) >= 11 is 0.